The maximum Gasteiger partial charge on any atom is 0.338 e. The molecule has 7 heteroatoms. The molecule has 1 aromatic carbocycles. The van der Waals surface area contributed by atoms with Crippen molar-refractivity contribution in [2.75, 3.05) is 13.2 Å². The minimum atomic E-state index is -0.932. The summed E-state index contributed by atoms with van der Waals surface area (Å²) in [5, 5.41) is 19.9. The number of carbonyl (C=O) groups excluding carboxylic acids is 2. The Labute approximate surface area is 133 Å². The minimum absolute atomic E-state index is 0.0530. The summed E-state index contributed by atoms with van der Waals surface area (Å²) in [5.41, 5.74) is 0.453. The van der Waals surface area contributed by atoms with E-state index in [1.807, 2.05) is 0 Å². The Bertz CT molecular complexity index is 676. The molecule has 6 nitrogen and oxygen atoms in total. The molecule has 2 aliphatic rings. The Kier molecular flexibility index (Phi) is 3.66. The van der Waals surface area contributed by atoms with Crippen molar-refractivity contribution in [3.63, 3.8) is 0 Å². The molecular weight excluding hydrogens is 356 g/mol. The summed E-state index contributed by atoms with van der Waals surface area (Å²) in [6.07, 6.45) is 0. The zero-order valence-electron chi connectivity index (χ0n) is 11.2. The van der Waals surface area contributed by atoms with Gasteiger partial charge < -0.3 is 19.7 Å². The summed E-state index contributed by atoms with van der Waals surface area (Å²) in [4.78, 5) is 23.9. The Hall–Kier alpha value is -2.28. The van der Waals surface area contributed by atoms with E-state index < -0.39 is 17.9 Å². The van der Waals surface area contributed by atoms with E-state index in [0.717, 1.165) is 4.47 Å². The second kappa shape index (κ2) is 5.49. The number of esters is 2. The van der Waals surface area contributed by atoms with Crippen molar-refractivity contribution in [1.82, 2.24) is 0 Å². The highest BCUT2D eigenvalue weighted by Gasteiger charge is 2.41. The third-order valence-corrected chi connectivity index (χ3v) is 4.05. The summed E-state index contributed by atoms with van der Waals surface area (Å²) in [7, 11) is 0. The highest BCUT2D eigenvalue weighted by molar-refractivity contribution is 9.10. The van der Waals surface area contributed by atoms with Crippen LogP contribution in [0.15, 0.2) is 51.4 Å². The van der Waals surface area contributed by atoms with E-state index in [4.69, 9.17) is 9.47 Å². The molecule has 2 N–H and O–H groups in total. The number of benzene rings is 1. The van der Waals surface area contributed by atoms with Gasteiger partial charge in [-0.3, -0.25) is 0 Å². The predicted molar refractivity (Wildman–Crippen MR) is 78.1 cm³/mol. The van der Waals surface area contributed by atoms with E-state index in [1.54, 1.807) is 24.3 Å². The standard InChI is InChI=1S/C15H11BrO6/c16-8-3-1-7(2-4-8)11(12-9(17)5-21-14(12)19)13-10(18)6-22-15(13)20/h1-4,11,17-18H,5-6H2. The monoisotopic (exact) mass is 366 g/mol. The maximum absolute atomic E-state index is 11.9. The van der Waals surface area contributed by atoms with Gasteiger partial charge in [0, 0.05) is 4.47 Å². The van der Waals surface area contributed by atoms with Crippen LogP contribution in [0.4, 0.5) is 0 Å². The molecule has 0 aliphatic carbocycles. The van der Waals surface area contributed by atoms with Gasteiger partial charge in [0.2, 0.25) is 0 Å². The van der Waals surface area contributed by atoms with Crippen LogP contribution in [0.2, 0.25) is 0 Å². The smallest absolute Gasteiger partial charge is 0.338 e. The van der Waals surface area contributed by atoms with Gasteiger partial charge in [-0.25, -0.2) is 9.59 Å². The molecule has 0 spiro atoms. The van der Waals surface area contributed by atoms with Gasteiger partial charge in [-0.1, -0.05) is 28.1 Å². The van der Waals surface area contributed by atoms with Crippen molar-refractivity contribution >= 4 is 27.9 Å². The molecule has 0 saturated carbocycles. The molecule has 0 atom stereocenters. The van der Waals surface area contributed by atoms with E-state index >= 15 is 0 Å². The van der Waals surface area contributed by atoms with E-state index in [-0.39, 0.29) is 35.9 Å². The van der Waals surface area contributed by atoms with Crippen molar-refractivity contribution in [2.45, 2.75) is 5.92 Å². The first-order valence-corrected chi connectivity index (χ1v) is 7.22. The fourth-order valence-corrected chi connectivity index (χ4v) is 2.78. The zero-order chi connectivity index (χ0) is 15.9. The average molecular weight is 367 g/mol. The van der Waals surface area contributed by atoms with Gasteiger partial charge >= 0.3 is 11.9 Å². The summed E-state index contributed by atoms with van der Waals surface area (Å²) in [5.74, 6) is -2.87. The summed E-state index contributed by atoms with van der Waals surface area (Å²) in [6, 6.07) is 6.84. The fourth-order valence-electron chi connectivity index (χ4n) is 2.52. The van der Waals surface area contributed by atoms with E-state index in [9.17, 15) is 19.8 Å². The fraction of sp³-hybridized carbons (Fsp3) is 0.200. The van der Waals surface area contributed by atoms with Gasteiger partial charge in [0.25, 0.3) is 0 Å². The molecule has 0 aromatic heterocycles. The highest BCUT2D eigenvalue weighted by Crippen LogP contribution is 2.40. The first kappa shape index (κ1) is 14.6. The van der Waals surface area contributed by atoms with E-state index in [2.05, 4.69) is 15.9 Å². The van der Waals surface area contributed by atoms with Crippen LogP contribution in [0, 0.1) is 0 Å². The molecule has 0 fully saturated rings. The summed E-state index contributed by atoms with van der Waals surface area (Å²) in [6.45, 7) is -0.491. The third kappa shape index (κ3) is 2.37. The number of aliphatic hydroxyl groups is 2. The predicted octanol–water partition coefficient (Wildman–Crippen LogP) is 2.27. The molecule has 0 unspecified atom stereocenters. The van der Waals surface area contributed by atoms with Crippen LogP contribution in [-0.2, 0) is 19.1 Å². The number of rotatable bonds is 3. The third-order valence-electron chi connectivity index (χ3n) is 3.52. The first-order valence-electron chi connectivity index (χ1n) is 6.42. The minimum Gasteiger partial charge on any atom is -0.508 e. The lowest BCUT2D eigenvalue weighted by atomic mass is 9.84. The second-order valence-electron chi connectivity index (χ2n) is 4.86. The Balaban J connectivity index is 2.17. The van der Waals surface area contributed by atoms with Crippen LogP contribution in [0.5, 0.6) is 0 Å². The lowest BCUT2D eigenvalue weighted by Crippen LogP contribution is -2.17. The van der Waals surface area contributed by atoms with Gasteiger partial charge in [0.1, 0.15) is 24.7 Å². The van der Waals surface area contributed by atoms with Crippen LogP contribution < -0.4 is 0 Å². The molecule has 2 aliphatic heterocycles. The average Bonchev–Trinajstić information content (AvgIpc) is 2.99. The van der Waals surface area contributed by atoms with Crippen molar-refractivity contribution in [3.8, 4) is 0 Å². The Morgan fingerprint density at radius 3 is 1.73 bits per heavy atom. The SMILES string of the molecule is O=C1OCC(O)=C1C(C1=C(O)COC1=O)c1ccc(Br)cc1. The van der Waals surface area contributed by atoms with E-state index in [1.165, 1.54) is 0 Å². The second-order valence-corrected chi connectivity index (χ2v) is 5.77. The molecule has 22 heavy (non-hydrogen) atoms. The van der Waals surface area contributed by atoms with Gasteiger partial charge in [0.15, 0.2) is 0 Å². The van der Waals surface area contributed by atoms with Gasteiger partial charge in [-0.2, -0.15) is 0 Å². The van der Waals surface area contributed by atoms with Gasteiger partial charge in [-0.15, -0.1) is 0 Å². The Morgan fingerprint density at radius 2 is 1.36 bits per heavy atom. The van der Waals surface area contributed by atoms with Crippen molar-refractivity contribution < 1.29 is 29.3 Å². The topological polar surface area (TPSA) is 93.1 Å². The first-order chi connectivity index (χ1) is 10.5. The normalized spacial score (nSPS) is 18.3. The number of hydrogen-bond donors (Lipinski definition) is 2. The number of halogens is 1. The quantitative estimate of drug-likeness (QED) is 0.797. The molecule has 114 valence electrons. The largest absolute Gasteiger partial charge is 0.508 e. The summed E-state index contributed by atoms with van der Waals surface area (Å²) >= 11 is 3.30. The van der Waals surface area contributed by atoms with Crippen LogP contribution in [0.3, 0.4) is 0 Å². The highest BCUT2D eigenvalue weighted by atomic mass is 79.9. The van der Waals surface area contributed by atoms with Crippen molar-refractivity contribution in [1.29, 1.82) is 0 Å². The Morgan fingerprint density at radius 1 is 0.909 bits per heavy atom. The molecular formula is C15H11BrO6. The van der Waals surface area contributed by atoms with Crippen LogP contribution in [0.1, 0.15) is 11.5 Å². The molecule has 0 bridgehead atoms. The number of cyclic esters (lactones) is 2. The maximum atomic E-state index is 11.9. The number of carbonyl (C=O) groups is 2. The van der Waals surface area contributed by atoms with Crippen LogP contribution in [-0.4, -0.2) is 35.4 Å². The number of aliphatic hydroxyl groups excluding tert-OH is 2. The molecule has 3 rings (SSSR count). The van der Waals surface area contributed by atoms with Crippen molar-refractivity contribution in [3.05, 3.63) is 57.0 Å². The molecule has 1 aromatic rings. The van der Waals surface area contributed by atoms with Crippen LogP contribution >= 0.6 is 15.9 Å². The number of ether oxygens (including phenoxy) is 2. The zero-order valence-corrected chi connectivity index (χ0v) is 12.8. The lowest BCUT2D eigenvalue weighted by molar-refractivity contribution is -0.136. The summed E-state index contributed by atoms with van der Waals surface area (Å²) < 4.78 is 10.4. The number of hydrogen-bond acceptors (Lipinski definition) is 6. The van der Waals surface area contributed by atoms with Crippen molar-refractivity contribution in [2.24, 2.45) is 0 Å². The van der Waals surface area contributed by atoms with Gasteiger partial charge in [-0.05, 0) is 17.7 Å². The lowest BCUT2D eigenvalue weighted by Gasteiger charge is -2.17. The molecule has 0 radical (unpaired) electrons. The molecule has 0 amide bonds. The van der Waals surface area contributed by atoms with E-state index in [0.29, 0.717) is 5.56 Å². The van der Waals surface area contributed by atoms with Gasteiger partial charge in [0.05, 0.1) is 17.1 Å². The molecule has 2 heterocycles. The molecule has 0 saturated heterocycles. The van der Waals surface area contributed by atoms with Crippen LogP contribution in [0.25, 0.3) is 0 Å².